The maximum Gasteiger partial charge on any atom is 0.315 e. The van der Waals surface area contributed by atoms with Crippen LogP contribution in [0.1, 0.15) is 95.8 Å². The molecule has 476 valence electrons. The van der Waals surface area contributed by atoms with Crippen molar-refractivity contribution in [2.75, 3.05) is 20.1 Å². The van der Waals surface area contributed by atoms with E-state index in [2.05, 4.69) is 47.2 Å². The molecule has 9 atom stereocenters. The van der Waals surface area contributed by atoms with Crippen LogP contribution in [0, 0.1) is 23.7 Å². The number of amides is 8. The van der Waals surface area contributed by atoms with E-state index >= 15 is 0 Å². The molecular formula is C61H82N12O15. The Morgan fingerprint density at radius 1 is 0.591 bits per heavy atom. The molecule has 1 aromatic heterocycles. The number of aliphatic hydroxyl groups excluding tert-OH is 1. The van der Waals surface area contributed by atoms with E-state index in [1.54, 1.807) is 50.4 Å². The Kier molecular flexibility index (Phi) is 28.4. The zero-order valence-corrected chi connectivity index (χ0v) is 50.0. The van der Waals surface area contributed by atoms with Gasteiger partial charge in [-0.05, 0) is 79.8 Å². The number of urea groups is 1. The summed E-state index contributed by atoms with van der Waals surface area (Å²) in [5.74, 6) is -14.4. The smallest absolute Gasteiger partial charge is 0.315 e. The number of guanidine groups is 1. The molecule has 4 rings (SSSR count). The predicted molar refractivity (Wildman–Crippen MR) is 323 cm³/mol. The lowest BCUT2D eigenvalue weighted by molar-refractivity contribution is -0.143. The number of hydrogen-bond donors (Lipinski definition) is 14. The molecular weight excluding hydrogens is 1140 g/mol. The van der Waals surface area contributed by atoms with Crippen LogP contribution in [0.4, 0.5) is 4.79 Å². The second kappa shape index (κ2) is 35.2. The lowest BCUT2D eigenvalue weighted by Gasteiger charge is -2.26. The first-order valence-electron chi connectivity index (χ1n) is 28.8. The van der Waals surface area contributed by atoms with Crippen molar-refractivity contribution < 1.29 is 72.9 Å². The number of ketones is 4. The average molecular weight is 1220 g/mol. The van der Waals surface area contributed by atoms with Crippen LogP contribution in [0.25, 0.3) is 10.9 Å². The monoisotopic (exact) mass is 1220 g/mol. The third kappa shape index (κ3) is 24.1. The van der Waals surface area contributed by atoms with E-state index in [1.165, 1.54) is 38.2 Å². The van der Waals surface area contributed by atoms with Gasteiger partial charge in [0.15, 0.2) is 29.1 Å². The van der Waals surface area contributed by atoms with Crippen molar-refractivity contribution in [3.8, 4) is 5.75 Å². The number of para-hydroxylation sites is 1. The SMILES string of the molecule is CN=C(N)NCCC[C@H](CC(=O)[C@H](CC(C)C)NC(=O)NCC(=O)[C@H](Cc1ccccc1)NC(=O)[C@@H](CC(=O)[C@H](CC(N)=O)NC(=O)[C@@H](CC(=O)O)CC(=O)[C@@H](Cc1ccc(O)cc1)NC(C)=O)[C@@H](C)O)C(=O)N[C@@H](Cc1c[nH]c2ccccc12)C(N)=O. The van der Waals surface area contributed by atoms with E-state index in [-0.39, 0.29) is 62.7 Å². The maximum atomic E-state index is 14.2. The quantitative estimate of drug-likeness (QED) is 0.0164. The number of H-pyrrole nitrogens is 1. The van der Waals surface area contributed by atoms with Gasteiger partial charge in [0.25, 0.3) is 0 Å². The Balaban J connectivity index is 1.50. The fourth-order valence-corrected chi connectivity index (χ4v) is 9.79. The topological polar surface area (TPSA) is 456 Å². The summed E-state index contributed by atoms with van der Waals surface area (Å²) in [6.07, 6.45) is -3.39. The molecule has 0 aliphatic heterocycles. The number of benzene rings is 3. The van der Waals surface area contributed by atoms with E-state index in [0.29, 0.717) is 17.5 Å². The van der Waals surface area contributed by atoms with Crippen molar-refractivity contribution >= 4 is 87.4 Å². The summed E-state index contributed by atoms with van der Waals surface area (Å²) in [4.78, 5) is 168. The van der Waals surface area contributed by atoms with Crippen molar-refractivity contribution in [2.45, 2.75) is 135 Å². The maximum absolute atomic E-state index is 14.2. The van der Waals surface area contributed by atoms with E-state index in [9.17, 15) is 72.9 Å². The molecule has 0 fully saturated rings. The number of carboxylic acids is 1. The van der Waals surface area contributed by atoms with Gasteiger partial charge in [-0.25, -0.2) is 4.79 Å². The van der Waals surface area contributed by atoms with Crippen LogP contribution in [0.5, 0.6) is 5.75 Å². The van der Waals surface area contributed by atoms with E-state index in [4.69, 9.17) is 17.2 Å². The van der Waals surface area contributed by atoms with Gasteiger partial charge >= 0.3 is 12.0 Å². The van der Waals surface area contributed by atoms with Crippen LogP contribution in [-0.4, -0.2) is 153 Å². The number of rotatable bonds is 38. The Hall–Kier alpha value is -9.53. The number of nitrogens with zero attached hydrogens (tertiary/aromatic N) is 1. The number of phenols is 1. The first kappa shape index (κ1) is 71.0. The van der Waals surface area contributed by atoms with Gasteiger partial charge in [-0.2, -0.15) is 0 Å². The number of nitrogens with one attached hydrogen (secondary N) is 8. The van der Waals surface area contributed by atoms with Gasteiger partial charge in [0.1, 0.15) is 11.8 Å². The van der Waals surface area contributed by atoms with Crippen molar-refractivity contribution in [3.05, 3.63) is 102 Å². The summed E-state index contributed by atoms with van der Waals surface area (Å²) < 4.78 is 0. The number of aromatic hydroxyl groups is 1. The summed E-state index contributed by atoms with van der Waals surface area (Å²) in [6, 6.07) is 13.6. The number of aliphatic carboxylic acids is 1. The van der Waals surface area contributed by atoms with Gasteiger partial charge in [-0.3, -0.25) is 57.7 Å². The Morgan fingerprint density at radius 3 is 1.76 bits per heavy atom. The highest BCUT2D eigenvalue weighted by molar-refractivity contribution is 6.00. The number of primary amides is 2. The molecule has 0 spiro atoms. The first-order valence-corrected chi connectivity index (χ1v) is 28.8. The molecule has 4 aromatic rings. The number of aliphatic hydroxyl groups is 1. The number of hydrogen-bond acceptors (Lipinski definition) is 15. The summed E-state index contributed by atoms with van der Waals surface area (Å²) in [6.45, 7) is 5.47. The molecule has 0 bridgehead atoms. The highest BCUT2D eigenvalue weighted by Crippen LogP contribution is 2.23. The minimum absolute atomic E-state index is 0.0482. The van der Waals surface area contributed by atoms with E-state index in [0.717, 1.165) is 23.4 Å². The molecule has 1 heterocycles. The zero-order chi connectivity index (χ0) is 65.2. The van der Waals surface area contributed by atoms with Gasteiger partial charge < -0.3 is 74.7 Å². The number of phenolic OH excluding ortho intramolecular Hbond substituents is 1. The Labute approximate surface area is 508 Å². The second-order valence-corrected chi connectivity index (χ2v) is 22.1. The fraction of sp³-hybridized carbons (Fsp3) is 0.459. The van der Waals surface area contributed by atoms with Gasteiger partial charge in [-0.15, -0.1) is 0 Å². The molecule has 0 unspecified atom stereocenters. The van der Waals surface area contributed by atoms with Gasteiger partial charge in [-0.1, -0.05) is 74.5 Å². The molecule has 17 N–H and O–H groups in total. The van der Waals surface area contributed by atoms with Gasteiger partial charge in [0.2, 0.25) is 35.4 Å². The molecule has 27 nitrogen and oxygen atoms in total. The van der Waals surface area contributed by atoms with Crippen LogP contribution < -0.4 is 54.4 Å². The third-order valence-corrected chi connectivity index (χ3v) is 14.5. The first-order chi connectivity index (χ1) is 41.6. The normalized spacial score (nSPS) is 14.5. The highest BCUT2D eigenvalue weighted by atomic mass is 16.4. The van der Waals surface area contributed by atoms with Crippen molar-refractivity contribution in [1.29, 1.82) is 0 Å². The minimum Gasteiger partial charge on any atom is -0.508 e. The van der Waals surface area contributed by atoms with Gasteiger partial charge in [0.05, 0.1) is 61.5 Å². The van der Waals surface area contributed by atoms with E-state index < -0.39 is 157 Å². The number of carbonyl (C=O) groups excluding carboxylic acids is 11. The van der Waals surface area contributed by atoms with Crippen LogP contribution in [0.3, 0.4) is 0 Å². The number of nitrogens with two attached hydrogens (primary N) is 3. The average Bonchev–Trinajstić information content (AvgIpc) is 4.14. The van der Waals surface area contributed by atoms with E-state index in [1.807, 2.05) is 24.3 Å². The number of aromatic nitrogens is 1. The predicted octanol–water partition coefficient (Wildman–Crippen LogP) is 0.400. The standard InChI is InChI=1S/C61H82N12O15/c1-33(2)22-45(50(77)26-38(14-11-21-66-60(64)65-5)57(85)72-49(56(63)84)25-40-31-67-44-16-10-9-15-42(40)44)73-61(88)68-32-53(80)47(23-36-12-7-6-8-13-36)71-59(87)43(34(3)74)29-52(79)48(30-54(62)81)70-58(86)39(28-55(82)83)27-51(78)46(69-35(4)75)24-37-17-19-41(76)20-18-37/h6-10,12-13,15-20,31,33-34,38-39,43,45-49,67,74,76H,11,14,21-30,32H2,1-5H3,(H2,62,81)(H2,63,84)(H,69,75)(H,70,86)(H,71,87)(H,72,85)(H,82,83)(H3,64,65,66)(H2,68,73,88)/t34-,38-,39-,43+,45+,46-,47+,48+,49+/m1/s1. The van der Waals surface area contributed by atoms with Gasteiger partial charge in [0, 0.05) is 69.2 Å². The molecule has 3 aromatic carbocycles. The molecule has 0 aliphatic rings. The van der Waals surface area contributed by atoms with Crippen LogP contribution >= 0.6 is 0 Å². The van der Waals surface area contributed by atoms with Crippen molar-refractivity contribution in [3.63, 3.8) is 0 Å². The molecule has 0 saturated carbocycles. The second-order valence-electron chi connectivity index (χ2n) is 22.1. The fourth-order valence-electron chi connectivity index (χ4n) is 9.79. The molecule has 0 radical (unpaired) electrons. The molecule has 27 heteroatoms. The summed E-state index contributed by atoms with van der Waals surface area (Å²) in [7, 11) is 1.49. The van der Waals surface area contributed by atoms with Crippen molar-refractivity contribution in [2.24, 2.45) is 45.9 Å². The number of carbonyl (C=O) groups is 12. The summed E-state index contributed by atoms with van der Waals surface area (Å²) >= 11 is 0. The highest BCUT2D eigenvalue weighted by Gasteiger charge is 2.37. The van der Waals surface area contributed by atoms with Crippen molar-refractivity contribution in [1.82, 2.24) is 42.2 Å². The Morgan fingerprint density at radius 2 is 1.16 bits per heavy atom. The number of Topliss-reactive ketones (excluding diaryl/α,β-unsaturated/α-hetero) is 4. The lowest BCUT2D eigenvalue weighted by atomic mass is 9.89. The third-order valence-electron chi connectivity index (χ3n) is 14.5. The molecule has 88 heavy (non-hydrogen) atoms. The molecule has 8 amide bonds. The number of aliphatic imine (C=N–C) groups is 1. The molecule has 0 aliphatic carbocycles. The summed E-state index contributed by atoms with van der Waals surface area (Å²) in [5, 5.41) is 49.2. The zero-order valence-electron chi connectivity index (χ0n) is 50.0. The summed E-state index contributed by atoms with van der Waals surface area (Å²) in [5.41, 5.74) is 19.6. The number of carboxylic acid groups (broad SMARTS) is 1. The van der Waals surface area contributed by atoms with Crippen LogP contribution in [0.15, 0.2) is 90.1 Å². The largest absolute Gasteiger partial charge is 0.508 e. The Bertz CT molecular complexity index is 3130. The number of fused-ring (bicyclic) bond motifs is 1. The van der Waals surface area contributed by atoms with Crippen LogP contribution in [-0.2, 0) is 72.0 Å². The van der Waals surface area contributed by atoms with Crippen LogP contribution in [0.2, 0.25) is 0 Å². The number of aromatic amines is 1. The minimum atomic E-state index is -1.81. The molecule has 0 saturated heterocycles. The lowest BCUT2D eigenvalue weighted by Crippen LogP contribution is -2.53.